The standard InChI is InChI=1S/C18H27N3OS/c1-18(22,14-23-2)13-20-17-7-9-21(10-8-17)12-16-5-3-15(11-19)4-6-16/h3-6,17,20,22H,7-10,12-14H2,1-2H3. The molecule has 0 saturated carbocycles. The second-order valence-electron chi connectivity index (χ2n) is 6.67. The number of rotatable bonds is 7. The minimum Gasteiger partial charge on any atom is -0.388 e. The number of nitrogens with zero attached hydrogens (tertiary/aromatic N) is 2. The summed E-state index contributed by atoms with van der Waals surface area (Å²) in [6.45, 7) is 5.65. The van der Waals surface area contributed by atoms with Gasteiger partial charge in [0.25, 0.3) is 0 Å². The zero-order valence-electron chi connectivity index (χ0n) is 14.1. The first-order valence-corrected chi connectivity index (χ1v) is 9.58. The van der Waals surface area contributed by atoms with Crippen LogP contribution in [0.1, 0.15) is 30.9 Å². The summed E-state index contributed by atoms with van der Waals surface area (Å²) >= 11 is 1.68. The third kappa shape index (κ3) is 6.15. The molecule has 0 spiro atoms. The van der Waals surface area contributed by atoms with Crippen LogP contribution in [0.3, 0.4) is 0 Å². The fourth-order valence-corrected chi connectivity index (χ4v) is 3.69. The number of nitriles is 1. The average Bonchev–Trinajstić information content (AvgIpc) is 2.55. The van der Waals surface area contributed by atoms with E-state index in [1.54, 1.807) is 11.8 Å². The minimum atomic E-state index is -0.626. The normalized spacial score (nSPS) is 19.2. The molecule has 0 amide bonds. The quantitative estimate of drug-likeness (QED) is 0.801. The highest BCUT2D eigenvalue weighted by molar-refractivity contribution is 7.98. The van der Waals surface area contributed by atoms with Crippen LogP contribution in [-0.2, 0) is 6.54 Å². The number of benzene rings is 1. The molecule has 4 nitrogen and oxygen atoms in total. The van der Waals surface area contributed by atoms with Crippen molar-refractivity contribution in [1.82, 2.24) is 10.2 Å². The van der Waals surface area contributed by atoms with Gasteiger partial charge in [0.2, 0.25) is 0 Å². The molecule has 2 N–H and O–H groups in total. The van der Waals surface area contributed by atoms with Gasteiger partial charge in [-0.05, 0) is 56.8 Å². The summed E-state index contributed by atoms with van der Waals surface area (Å²) in [6, 6.07) is 10.5. The number of piperidine rings is 1. The Kier molecular flexibility index (Phi) is 6.91. The Morgan fingerprint density at radius 2 is 2.00 bits per heavy atom. The molecule has 0 aromatic heterocycles. The van der Waals surface area contributed by atoms with Crippen LogP contribution in [0.2, 0.25) is 0 Å². The molecule has 0 bridgehead atoms. The van der Waals surface area contributed by atoms with Crippen molar-refractivity contribution in [3.63, 3.8) is 0 Å². The van der Waals surface area contributed by atoms with Crippen molar-refractivity contribution in [2.24, 2.45) is 0 Å². The molecule has 1 heterocycles. The summed E-state index contributed by atoms with van der Waals surface area (Å²) in [6.07, 6.45) is 4.26. The van der Waals surface area contributed by atoms with Gasteiger partial charge in [0, 0.05) is 24.9 Å². The number of nitrogens with one attached hydrogen (secondary N) is 1. The molecule has 1 aromatic carbocycles. The summed E-state index contributed by atoms with van der Waals surface area (Å²) in [7, 11) is 0. The van der Waals surface area contributed by atoms with Gasteiger partial charge in [0.1, 0.15) is 0 Å². The molecule has 126 valence electrons. The van der Waals surface area contributed by atoms with E-state index in [2.05, 4.69) is 16.3 Å². The maximum absolute atomic E-state index is 10.2. The molecular weight excluding hydrogens is 306 g/mol. The van der Waals surface area contributed by atoms with E-state index in [0.717, 1.165) is 38.2 Å². The Morgan fingerprint density at radius 3 is 2.57 bits per heavy atom. The number of aliphatic hydroxyl groups is 1. The second-order valence-corrected chi connectivity index (χ2v) is 7.54. The van der Waals surface area contributed by atoms with Gasteiger partial charge in [0.05, 0.1) is 17.2 Å². The van der Waals surface area contributed by atoms with Crippen molar-refractivity contribution in [2.45, 2.75) is 38.0 Å². The van der Waals surface area contributed by atoms with Gasteiger partial charge in [-0.3, -0.25) is 4.90 Å². The maximum atomic E-state index is 10.2. The zero-order valence-corrected chi connectivity index (χ0v) is 14.9. The monoisotopic (exact) mass is 333 g/mol. The zero-order chi connectivity index (χ0) is 16.7. The van der Waals surface area contributed by atoms with Crippen LogP contribution in [-0.4, -0.2) is 53.3 Å². The molecule has 23 heavy (non-hydrogen) atoms. The summed E-state index contributed by atoms with van der Waals surface area (Å²) in [5, 5.41) is 22.6. The molecule has 1 aliphatic heterocycles. The second kappa shape index (κ2) is 8.70. The van der Waals surface area contributed by atoms with Crippen LogP contribution in [0.4, 0.5) is 0 Å². The lowest BCUT2D eigenvalue weighted by atomic mass is 10.0. The van der Waals surface area contributed by atoms with Crippen LogP contribution >= 0.6 is 11.8 Å². The molecule has 1 unspecified atom stereocenters. The number of likely N-dealkylation sites (tertiary alicyclic amines) is 1. The summed E-state index contributed by atoms with van der Waals surface area (Å²) in [5.74, 6) is 0.761. The number of hydrogen-bond acceptors (Lipinski definition) is 5. The average molecular weight is 334 g/mol. The summed E-state index contributed by atoms with van der Waals surface area (Å²) < 4.78 is 0. The van der Waals surface area contributed by atoms with E-state index in [1.807, 2.05) is 37.4 Å². The first kappa shape index (κ1) is 18.3. The van der Waals surface area contributed by atoms with Crippen LogP contribution in [0.5, 0.6) is 0 Å². The van der Waals surface area contributed by atoms with Gasteiger partial charge in [-0.2, -0.15) is 17.0 Å². The Hall–Kier alpha value is -1.06. The van der Waals surface area contributed by atoms with Crippen molar-refractivity contribution in [2.75, 3.05) is 31.6 Å². The summed E-state index contributed by atoms with van der Waals surface area (Å²) in [4.78, 5) is 2.46. The van der Waals surface area contributed by atoms with Crippen LogP contribution in [0.25, 0.3) is 0 Å². The van der Waals surface area contributed by atoms with Crippen LogP contribution in [0, 0.1) is 11.3 Å². The smallest absolute Gasteiger partial charge is 0.0991 e. The molecule has 1 aromatic rings. The van der Waals surface area contributed by atoms with Crippen LogP contribution in [0.15, 0.2) is 24.3 Å². The topological polar surface area (TPSA) is 59.3 Å². The SMILES string of the molecule is CSCC(C)(O)CNC1CCN(Cc2ccc(C#N)cc2)CC1. The largest absolute Gasteiger partial charge is 0.388 e. The predicted octanol–water partition coefficient (Wildman–Crippen LogP) is 2.23. The first-order chi connectivity index (χ1) is 11.0. The van der Waals surface area contributed by atoms with E-state index in [0.29, 0.717) is 18.2 Å². The van der Waals surface area contributed by atoms with E-state index in [1.165, 1.54) is 5.56 Å². The lowest BCUT2D eigenvalue weighted by molar-refractivity contribution is 0.0761. The van der Waals surface area contributed by atoms with Crippen molar-refractivity contribution in [3.8, 4) is 6.07 Å². The van der Waals surface area contributed by atoms with Crippen molar-refractivity contribution in [3.05, 3.63) is 35.4 Å². The van der Waals surface area contributed by atoms with Gasteiger partial charge in [0.15, 0.2) is 0 Å². The highest BCUT2D eigenvalue weighted by Gasteiger charge is 2.24. The predicted molar refractivity (Wildman–Crippen MR) is 96.5 cm³/mol. The third-order valence-corrected chi connectivity index (χ3v) is 5.21. The lowest BCUT2D eigenvalue weighted by Gasteiger charge is -2.34. The highest BCUT2D eigenvalue weighted by Crippen LogP contribution is 2.16. The molecule has 1 aliphatic rings. The molecular formula is C18H27N3OS. The van der Waals surface area contributed by atoms with E-state index < -0.39 is 5.60 Å². The molecule has 1 atom stereocenters. The van der Waals surface area contributed by atoms with E-state index in [9.17, 15) is 5.11 Å². The fraction of sp³-hybridized carbons (Fsp3) is 0.611. The van der Waals surface area contributed by atoms with E-state index in [-0.39, 0.29) is 0 Å². The van der Waals surface area contributed by atoms with E-state index in [4.69, 9.17) is 5.26 Å². The van der Waals surface area contributed by atoms with Gasteiger partial charge in [-0.25, -0.2) is 0 Å². The van der Waals surface area contributed by atoms with Gasteiger partial charge in [-0.15, -0.1) is 0 Å². The minimum absolute atomic E-state index is 0.501. The molecule has 1 fully saturated rings. The van der Waals surface area contributed by atoms with Crippen molar-refractivity contribution < 1.29 is 5.11 Å². The van der Waals surface area contributed by atoms with Gasteiger partial charge >= 0.3 is 0 Å². The summed E-state index contributed by atoms with van der Waals surface area (Å²) in [5.41, 5.74) is 1.35. The maximum Gasteiger partial charge on any atom is 0.0991 e. The molecule has 2 rings (SSSR count). The molecule has 5 heteroatoms. The molecule has 0 aliphatic carbocycles. The molecule has 0 radical (unpaired) electrons. The van der Waals surface area contributed by atoms with Gasteiger partial charge < -0.3 is 10.4 Å². The van der Waals surface area contributed by atoms with E-state index >= 15 is 0 Å². The first-order valence-electron chi connectivity index (χ1n) is 8.18. The Bertz CT molecular complexity index is 516. The van der Waals surface area contributed by atoms with Crippen LogP contribution < -0.4 is 5.32 Å². The Morgan fingerprint density at radius 1 is 1.35 bits per heavy atom. The third-order valence-electron chi connectivity index (χ3n) is 4.30. The lowest BCUT2D eigenvalue weighted by Crippen LogP contribution is -2.48. The molecule has 1 saturated heterocycles. The highest BCUT2D eigenvalue weighted by atomic mass is 32.2. The fourth-order valence-electron chi connectivity index (χ4n) is 2.96. The Labute approximate surface area is 143 Å². The van der Waals surface area contributed by atoms with Crippen molar-refractivity contribution >= 4 is 11.8 Å². The number of hydrogen-bond donors (Lipinski definition) is 2. The van der Waals surface area contributed by atoms with Crippen molar-refractivity contribution in [1.29, 1.82) is 5.26 Å². The van der Waals surface area contributed by atoms with Gasteiger partial charge in [-0.1, -0.05) is 12.1 Å². The Balaban J connectivity index is 1.72. The number of thioether (sulfide) groups is 1.